The van der Waals surface area contributed by atoms with Gasteiger partial charge in [0, 0.05) is 28.2 Å². The van der Waals surface area contributed by atoms with Crippen molar-refractivity contribution in [2.45, 2.75) is 0 Å². The van der Waals surface area contributed by atoms with E-state index in [-0.39, 0.29) is 28.6 Å². The molecule has 0 radical (unpaired) electrons. The van der Waals surface area contributed by atoms with Crippen molar-refractivity contribution in [2.24, 2.45) is 0 Å². The minimum Gasteiger partial charge on any atom is -0.350 e. The van der Waals surface area contributed by atoms with E-state index in [1.54, 1.807) is 24.3 Å². The smallest absolute Gasteiger partial charge is 0.293 e. The quantitative estimate of drug-likeness (QED) is 0.541. The second-order valence-corrected chi connectivity index (χ2v) is 8.56. The van der Waals surface area contributed by atoms with Gasteiger partial charge in [0.25, 0.3) is 17.1 Å². The molecular formula is C19H12Cl4N2O3S. The molecule has 5 nitrogen and oxygen atoms in total. The highest BCUT2D eigenvalue weighted by Gasteiger charge is 2.34. The fraction of sp³-hybridized carbons (Fsp3) is 0.105. The van der Waals surface area contributed by atoms with Crippen LogP contribution in [0.3, 0.4) is 0 Å². The average Bonchev–Trinajstić information content (AvgIpc) is 2.91. The third kappa shape index (κ3) is 5.27. The predicted molar refractivity (Wildman–Crippen MR) is 118 cm³/mol. The molecule has 0 aliphatic carbocycles. The Kier molecular flexibility index (Phi) is 7.14. The molecule has 0 atom stereocenters. The van der Waals surface area contributed by atoms with E-state index in [1.165, 1.54) is 18.2 Å². The molecule has 1 heterocycles. The van der Waals surface area contributed by atoms with E-state index in [2.05, 4.69) is 5.32 Å². The van der Waals surface area contributed by atoms with Crippen LogP contribution in [0, 0.1) is 0 Å². The first-order valence-corrected chi connectivity index (χ1v) is 10.5. The summed E-state index contributed by atoms with van der Waals surface area (Å²) in [6, 6.07) is 9.36. The zero-order chi connectivity index (χ0) is 21.1. The van der Waals surface area contributed by atoms with Crippen LogP contribution >= 0.6 is 58.2 Å². The van der Waals surface area contributed by atoms with Gasteiger partial charge in [0.05, 0.1) is 15.5 Å². The number of hydrogen-bond acceptors (Lipinski definition) is 4. The van der Waals surface area contributed by atoms with E-state index >= 15 is 0 Å². The molecule has 29 heavy (non-hydrogen) atoms. The molecule has 0 spiro atoms. The van der Waals surface area contributed by atoms with E-state index in [0.29, 0.717) is 20.6 Å². The zero-order valence-corrected chi connectivity index (χ0v) is 18.4. The van der Waals surface area contributed by atoms with Crippen molar-refractivity contribution in [1.82, 2.24) is 10.2 Å². The van der Waals surface area contributed by atoms with Gasteiger partial charge < -0.3 is 5.32 Å². The van der Waals surface area contributed by atoms with Gasteiger partial charge in [-0.15, -0.1) is 0 Å². The van der Waals surface area contributed by atoms with Gasteiger partial charge >= 0.3 is 0 Å². The lowest BCUT2D eigenvalue weighted by Crippen LogP contribution is -2.37. The van der Waals surface area contributed by atoms with Crippen LogP contribution in [-0.4, -0.2) is 35.0 Å². The molecule has 1 N–H and O–H groups in total. The Labute approximate surface area is 190 Å². The van der Waals surface area contributed by atoms with Crippen LogP contribution in [0.2, 0.25) is 20.1 Å². The zero-order valence-electron chi connectivity index (χ0n) is 14.5. The van der Waals surface area contributed by atoms with Crippen LogP contribution in [0.15, 0.2) is 41.3 Å². The number of nitrogens with zero attached hydrogens (tertiary/aromatic N) is 1. The molecule has 2 aromatic rings. The minimum atomic E-state index is -0.454. The topological polar surface area (TPSA) is 66.5 Å². The lowest BCUT2D eigenvalue weighted by molar-refractivity contribution is -0.122. The average molecular weight is 490 g/mol. The fourth-order valence-corrected chi connectivity index (χ4v) is 4.32. The van der Waals surface area contributed by atoms with Gasteiger partial charge in [0.1, 0.15) is 0 Å². The third-order valence-corrected chi connectivity index (χ3v) is 5.94. The summed E-state index contributed by atoms with van der Waals surface area (Å²) >= 11 is 24.6. The van der Waals surface area contributed by atoms with Crippen LogP contribution in [0.5, 0.6) is 0 Å². The predicted octanol–water partition coefficient (Wildman–Crippen LogP) is 5.77. The van der Waals surface area contributed by atoms with Crippen LogP contribution in [0.1, 0.15) is 15.9 Å². The summed E-state index contributed by atoms with van der Waals surface area (Å²) in [6.07, 6.45) is 1.54. The molecule has 0 bridgehead atoms. The number of benzene rings is 2. The Morgan fingerprint density at radius 3 is 2.31 bits per heavy atom. The molecule has 10 heteroatoms. The van der Waals surface area contributed by atoms with E-state index in [1.807, 2.05) is 0 Å². The monoisotopic (exact) mass is 488 g/mol. The number of carbonyl (C=O) groups is 3. The first kappa shape index (κ1) is 22.0. The highest BCUT2D eigenvalue weighted by Crippen LogP contribution is 2.33. The number of rotatable bonds is 5. The normalized spacial score (nSPS) is 15.3. The molecule has 1 fully saturated rings. The molecule has 0 unspecified atom stereocenters. The Morgan fingerprint density at radius 1 is 1.00 bits per heavy atom. The number of thioether (sulfide) groups is 1. The van der Waals surface area contributed by atoms with Crippen molar-refractivity contribution in [2.75, 3.05) is 13.1 Å². The summed E-state index contributed by atoms with van der Waals surface area (Å²) in [4.78, 5) is 38.2. The van der Waals surface area contributed by atoms with Gasteiger partial charge in [-0.25, -0.2) is 0 Å². The second-order valence-electron chi connectivity index (χ2n) is 5.88. The van der Waals surface area contributed by atoms with Gasteiger partial charge in [-0.3, -0.25) is 19.3 Å². The summed E-state index contributed by atoms with van der Waals surface area (Å²) in [5, 5.41) is 3.67. The highest BCUT2D eigenvalue weighted by atomic mass is 35.5. The molecule has 2 aromatic carbocycles. The summed E-state index contributed by atoms with van der Waals surface area (Å²) in [5.74, 6) is -0.882. The van der Waals surface area contributed by atoms with Crippen molar-refractivity contribution in [3.63, 3.8) is 0 Å². The van der Waals surface area contributed by atoms with Gasteiger partial charge in [-0.05, 0) is 53.7 Å². The lowest BCUT2D eigenvalue weighted by Gasteiger charge is -2.13. The summed E-state index contributed by atoms with van der Waals surface area (Å²) in [7, 11) is 0. The third-order valence-electron chi connectivity index (χ3n) is 3.92. The van der Waals surface area contributed by atoms with E-state index in [4.69, 9.17) is 46.4 Å². The molecule has 0 aromatic heterocycles. The maximum Gasteiger partial charge on any atom is 0.293 e. The minimum absolute atomic E-state index is 0.0211. The molecule has 3 amide bonds. The molecule has 1 aliphatic heterocycles. The van der Waals surface area contributed by atoms with Crippen LogP contribution in [0.25, 0.3) is 6.08 Å². The van der Waals surface area contributed by atoms with Crippen LogP contribution < -0.4 is 5.32 Å². The maximum atomic E-state index is 12.5. The largest absolute Gasteiger partial charge is 0.350 e. The Balaban J connectivity index is 1.63. The van der Waals surface area contributed by atoms with Crippen LogP contribution in [0.4, 0.5) is 4.79 Å². The second kappa shape index (κ2) is 9.41. The number of nitrogens with one attached hydrogen (secondary N) is 1. The number of halogens is 4. The number of imide groups is 1. The summed E-state index contributed by atoms with van der Waals surface area (Å²) < 4.78 is 0. The van der Waals surface area contributed by atoms with E-state index in [9.17, 15) is 14.4 Å². The standard InChI is InChI=1S/C19H12Cl4N2O3S/c20-11-2-1-10(14(22)8-11)7-16-18(27)25(19(28)29-16)6-5-24-17(26)13-4-3-12(21)9-15(13)23/h1-4,7-9H,5-6H2,(H,24,26)/b16-7-. The van der Waals surface area contributed by atoms with Crippen molar-refractivity contribution in [1.29, 1.82) is 0 Å². The Bertz CT molecular complexity index is 1040. The fourth-order valence-electron chi connectivity index (χ4n) is 2.50. The van der Waals surface area contributed by atoms with Crippen molar-refractivity contribution in [3.8, 4) is 0 Å². The van der Waals surface area contributed by atoms with E-state index in [0.717, 1.165) is 16.7 Å². The summed E-state index contributed by atoms with van der Waals surface area (Å²) in [6.45, 7) is 0.0954. The number of carbonyl (C=O) groups excluding carboxylic acids is 3. The van der Waals surface area contributed by atoms with Gasteiger partial charge in [-0.1, -0.05) is 52.5 Å². The summed E-state index contributed by atoms with van der Waals surface area (Å²) in [5.41, 5.74) is 0.828. The molecular weight excluding hydrogens is 478 g/mol. The maximum absolute atomic E-state index is 12.5. The van der Waals surface area contributed by atoms with Gasteiger partial charge in [0.2, 0.25) is 0 Å². The molecule has 150 valence electrons. The highest BCUT2D eigenvalue weighted by molar-refractivity contribution is 8.18. The molecule has 1 aliphatic rings. The Morgan fingerprint density at radius 2 is 1.66 bits per heavy atom. The first-order valence-electron chi connectivity index (χ1n) is 8.20. The lowest BCUT2D eigenvalue weighted by atomic mass is 10.2. The van der Waals surface area contributed by atoms with Crippen LogP contribution in [-0.2, 0) is 4.79 Å². The van der Waals surface area contributed by atoms with Crippen molar-refractivity contribution >= 4 is 81.3 Å². The first-order chi connectivity index (χ1) is 13.8. The number of hydrogen-bond donors (Lipinski definition) is 1. The Hall–Kier alpha value is -1.70. The molecule has 1 saturated heterocycles. The molecule has 3 rings (SSSR count). The van der Waals surface area contributed by atoms with Gasteiger partial charge in [0.15, 0.2) is 0 Å². The van der Waals surface area contributed by atoms with Crippen molar-refractivity contribution in [3.05, 3.63) is 72.5 Å². The number of amides is 3. The van der Waals surface area contributed by atoms with Gasteiger partial charge in [-0.2, -0.15) is 0 Å². The SMILES string of the molecule is O=C(NCCN1C(=O)S/C(=C\c2ccc(Cl)cc2Cl)C1=O)c1ccc(Cl)cc1Cl. The molecule has 0 saturated carbocycles. The van der Waals surface area contributed by atoms with Crippen molar-refractivity contribution < 1.29 is 14.4 Å². The van der Waals surface area contributed by atoms with E-state index < -0.39 is 17.1 Å².